The molecule has 15 heavy (non-hydrogen) atoms. The van der Waals surface area contributed by atoms with Gasteiger partial charge in [-0.05, 0) is 25.8 Å². The minimum atomic E-state index is 0.546. The summed E-state index contributed by atoms with van der Waals surface area (Å²) in [4.78, 5) is 2.36. The molecule has 2 rings (SSSR count). The maximum atomic E-state index is 5.81. The SMILES string of the molecule is CN(Cc1cnn(C)c1)C(CN)C1CC1. The highest BCUT2D eigenvalue weighted by molar-refractivity contribution is 5.04. The van der Waals surface area contributed by atoms with Gasteiger partial charge in [-0.2, -0.15) is 5.10 Å². The van der Waals surface area contributed by atoms with Crippen LogP contribution in [0.2, 0.25) is 0 Å². The van der Waals surface area contributed by atoms with E-state index in [1.54, 1.807) is 0 Å². The van der Waals surface area contributed by atoms with Crippen molar-refractivity contribution in [2.45, 2.75) is 25.4 Å². The molecule has 0 spiro atoms. The zero-order valence-electron chi connectivity index (χ0n) is 9.56. The Balaban J connectivity index is 1.92. The average molecular weight is 208 g/mol. The van der Waals surface area contributed by atoms with Crippen LogP contribution in [0.3, 0.4) is 0 Å². The van der Waals surface area contributed by atoms with E-state index in [0.29, 0.717) is 6.04 Å². The first kappa shape index (κ1) is 10.6. The fourth-order valence-electron chi connectivity index (χ4n) is 2.17. The second-order valence-corrected chi connectivity index (χ2v) is 4.58. The van der Waals surface area contributed by atoms with Crippen molar-refractivity contribution in [3.8, 4) is 0 Å². The summed E-state index contributed by atoms with van der Waals surface area (Å²) >= 11 is 0. The third-order valence-electron chi connectivity index (χ3n) is 3.16. The van der Waals surface area contributed by atoms with Crippen molar-refractivity contribution in [1.82, 2.24) is 14.7 Å². The summed E-state index contributed by atoms with van der Waals surface area (Å²) in [5.74, 6) is 0.830. The van der Waals surface area contributed by atoms with E-state index < -0.39 is 0 Å². The normalized spacial score (nSPS) is 18.4. The van der Waals surface area contributed by atoms with E-state index in [-0.39, 0.29) is 0 Å². The molecule has 0 amide bonds. The van der Waals surface area contributed by atoms with E-state index >= 15 is 0 Å². The van der Waals surface area contributed by atoms with Crippen LogP contribution in [0.4, 0.5) is 0 Å². The number of aromatic nitrogens is 2. The third-order valence-corrected chi connectivity index (χ3v) is 3.16. The number of hydrogen-bond donors (Lipinski definition) is 1. The lowest BCUT2D eigenvalue weighted by atomic mass is 10.1. The highest BCUT2D eigenvalue weighted by atomic mass is 15.2. The van der Waals surface area contributed by atoms with Crippen LogP contribution in [0.15, 0.2) is 12.4 Å². The Bertz CT molecular complexity index is 316. The summed E-state index contributed by atoms with van der Waals surface area (Å²) in [6, 6.07) is 0.546. The minimum absolute atomic E-state index is 0.546. The Labute approximate surface area is 91.1 Å². The van der Waals surface area contributed by atoms with E-state index in [9.17, 15) is 0 Å². The predicted octanol–water partition coefficient (Wildman–Crippen LogP) is 0.589. The van der Waals surface area contributed by atoms with E-state index in [1.165, 1.54) is 18.4 Å². The Morgan fingerprint density at radius 2 is 2.40 bits per heavy atom. The number of aryl methyl sites for hydroxylation is 1. The summed E-state index contributed by atoms with van der Waals surface area (Å²) in [6.07, 6.45) is 6.69. The molecular formula is C11H20N4. The first-order valence-corrected chi connectivity index (χ1v) is 5.58. The summed E-state index contributed by atoms with van der Waals surface area (Å²) in [6.45, 7) is 1.72. The first-order chi connectivity index (χ1) is 7.20. The summed E-state index contributed by atoms with van der Waals surface area (Å²) in [5, 5.41) is 4.17. The van der Waals surface area contributed by atoms with Crippen LogP contribution in [0, 0.1) is 5.92 Å². The van der Waals surface area contributed by atoms with Crippen LogP contribution >= 0.6 is 0 Å². The maximum absolute atomic E-state index is 5.81. The second-order valence-electron chi connectivity index (χ2n) is 4.58. The zero-order chi connectivity index (χ0) is 10.8. The molecule has 0 radical (unpaired) electrons. The van der Waals surface area contributed by atoms with Gasteiger partial charge in [0.05, 0.1) is 6.20 Å². The number of hydrogen-bond acceptors (Lipinski definition) is 3. The molecule has 0 aromatic carbocycles. The van der Waals surface area contributed by atoms with Gasteiger partial charge in [0, 0.05) is 37.9 Å². The van der Waals surface area contributed by atoms with Gasteiger partial charge in [0.2, 0.25) is 0 Å². The Hall–Kier alpha value is -0.870. The summed E-state index contributed by atoms with van der Waals surface area (Å²) in [5.41, 5.74) is 7.07. The quantitative estimate of drug-likeness (QED) is 0.770. The van der Waals surface area contributed by atoms with Crippen molar-refractivity contribution < 1.29 is 0 Å². The molecular weight excluding hydrogens is 188 g/mol. The highest BCUT2D eigenvalue weighted by Crippen LogP contribution is 2.34. The molecule has 2 N–H and O–H groups in total. The number of nitrogens with two attached hydrogens (primary N) is 1. The molecule has 0 saturated heterocycles. The van der Waals surface area contributed by atoms with Crippen molar-refractivity contribution in [3.63, 3.8) is 0 Å². The largest absolute Gasteiger partial charge is 0.329 e. The molecule has 1 fully saturated rings. The van der Waals surface area contributed by atoms with Crippen molar-refractivity contribution in [2.75, 3.05) is 13.6 Å². The standard InChI is InChI=1S/C11H20N4/c1-14(11(5-12)10-3-4-10)7-9-6-13-15(2)8-9/h6,8,10-11H,3-5,7,12H2,1-2H3. The number of nitrogens with zero attached hydrogens (tertiary/aromatic N) is 3. The van der Waals surface area contributed by atoms with Gasteiger partial charge in [0.15, 0.2) is 0 Å². The number of likely N-dealkylation sites (N-methyl/N-ethyl adjacent to an activating group) is 1. The van der Waals surface area contributed by atoms with Gasteiger partial charge in [-0.15, -0.1) is 0 Å². The smallest absolute Gasteiger partial charge is 0.0534 e. The molecule has 84 valence electrons. The minimum Gasteiger partial charge on any atom is -0.329 e. The fraction of sp³-hybridized carbons (Fsp3) is 0.727. The van der Waals surface area contributed by atoms with Gasteiger partial charge in [-0.25, -0.2) is 0 Å². The number of rotatable bonds is 5. The molecule has 1 aromatic rings. The molecule has 1 heterocycles. The molecule has 1 aliphatic rings. The lowest BCUT2D eigenvalue weighted by Crippen LogP contribution is -2.39. The van der Waals surface area contributed by atoms with Gasteiger partial charge in [0.25, 0.3) is 0 Å². The highest BCUT2D eigenvalue weighted by Gasteiger charge is 2.32. The van der Waals surface area contributed by atoms with Gasteiger partial charge < -0.3 is 5.73 Å². The van der Waals surface area contributed by atoms with Crippen molar-refractivity contribution >= 4 is 0 Å². The maximum Gasteiger partial charge on any atom is 0.0534 e. The predicted molar refractivity (Wildman–Crippen MR) is 60.2 cm³/mol. The lowest BCUT2D eigenvalue weighted by Gasteiger charge is -2.26. The molecule has 1 unspecified atom stereocenters. The molecule has 0 bridgehead atoms. The average Bonchev–Trinajstić information content (AvgIpc) is 2.93. The van der Waals surface area contributed by atoms with Gasteiger partial charge in [-0.1, -0.05) is 0 Å². The molecule has 1 atom stereocenters. The third kappa shape index (κ3) is 2.58. The van der Waals surface area contributed by atoms with Gasteiger partial charge >= 0.3 is 0 Å². The van der Waals surface area contributed by atoms with Crippen LogP contribution in [0.1, 0.15) is 18.4 Å². The molecule has 1 saturated carbocycles. The molecule has 1 aliphatic carbocycles. The monoisotopic (exact) mass is 208 g/mol. The van der Waals surface area contributed by atoms with E-state index in [0.717, 1.165) is 19.0 Å². The Kier molecular flexibility index (Phi) is 3.07. The topological polar surface area (TPSA) is 47.1 Å². The van der Waals surface area contributed by atoms with Crippen LogP contribution in [0.5, 0.6) is 0 Å². The van der Waals surface area contributed by atoms with Gasteiger partial charge in [-0.3, -0.25) is 9.58 Å². The Morgan fingerprint density at radius 3 is 2.87 bits per heavy atom. The molecule has 1 aromatic heterocycles. The van der Waals surface area contributed by atoms with Crippen molar-refractivity contribution in [3.05, 3.63) is 18.0 Å². The van der Waals surface area contributed by atoms with E-state index in [1.807, 2.05) is 17.9 Å². The van der Waals surface area contributed by atoms with Crippen molar-refractivity contribution in [2.24, 2.45) is 18.7 Å². The fourth-order valence-corrected chi connectivity index (χ4v) is 2.17. The Morgan fingerprint density at radius 1 is 1.67 bits per heavy atom. The first-order valence-electron chi connectivity index (χ1n) is 5.58. The summed E-state index contributed by atoms with van der Waals surface area (Å²) < 4.78 is 1.84. The summed E-state index contributed by atoms with van der Waals surface area (Å²) in [7, 11) is 4.10. The van der Waals surface area contributed by atoms with E-state index in [2.05, 4.69) is 23.2 Å². The molecule has 4 nitrogen and oxygen atoms in total. The van der Waals surface area contributed by atoms with Crippen LogP contribution in [-0.4, -0.2) is 34.3 Å². The molecule has 4 heteroatoms. The lowest BCUT2D eigenvalue weighted by molar-refractivity contribution is 0.215. The second kappa shape index (κ2) is 4.33. The van der Waals surface area contributed by atoms with Crippen LogP contribution in [0.25, 0.3) is 0 Å². The molecule has 0 aliphatic heterocycles. The zero-order valence-corrected chi connectivity index (χ0v) is 9.56. The van der Waals surface area contributed by atoms with Gasteiger partial charge in [0.1, 0.15) is 0 Å². The van der Waals surface area contributed by atoms with E-state index in [4.69, 9.17) is 5.73 Å². The van der Waals surface area contributed by atoms with Crippen LogP contribution in [-0.2, 0) is 13.6 Å². The van der Waals surface area contributed by atoms with Crippen LogP contribution < -0.4 is 5.73 Å². The van der Waals surface area contributed by atoms with Crippen molar-refractivity contribution in [1.29, 1.82) is 0 Å².